The quantitative estimate of drug-likeness (QED) is 0.646. The first-order valence-electron chi connectivity index (χ1n) is 8.09. The molecule has 1 atom stereocenters. The molecule has 4 nitrogen and oxygen atoms in total. The van der Waals surface area contributed by atoms with Gasteiger partial charge in [-0.05, 0) is 41.8 Å². The zero-order valence-corrected chi connectivity index (χ0v) is 13.8. The van der Waals surface area contributed by atoms with Crippen molar-refractivity contribution >= 4 is 0 Å². The van der Waals surface area contributed by atoms with Crippen LogP contribution in [0.1, 0.15) is 17.5 Å². The summed E-state index contributed by atoms with van der Waals surface area (Å²) in [6, 6.07) is 14.8. The predicted molar refractivity (Wildman–Crippen MR) is 90.4 cm³/mol. The SMILES string of the molecule is OCCCOc1ccc(Cc2ccc(OCC(O)C(F)F)cc2)cc1. The predicted octanol–water partition coefficient (Wildman–Crippen LogP) is 3.04. The van der Waals surface area contributed by atoms with Crippen LogP contribution in [0.25, 0.3) is 0 Å². The molecular formula is C19H22F2O4. The lowest BCUT2D eigenvalue weighted by Crippen LogP contribution is -2.25. The maximum atomic E-state index is 12.2. The fourth-order valence-corrected chi connectivity index (χ4v) is 2.15. The number of hydrogen-bond acceptors (Lipinski definition) is 4. The third kappa shape index (κ3) is 6.68. The number of halogens is 2. The Balaban J connectivity index is 1.84. The fourth-order valence-electron chi connectivity index (χ4n) is 2.15. The molecule has 1 unspecified atom stereocenters. The summed E-state index contributed by atoms with van der Waals surface area (Å²) in [7, 11) is 0. The minimum Gasteiger partial charge on any atom is -0.494 e. The van der Waals surface area contributed by atoms with Crippen molar-refractivity contribution < 1.29 is 28.5 Å². The van der Waals surface area contributed by atoms with Crippen molar-refractivity contribution in [1.82, 2.24) is 0 Å². The van der Waals surface area contributed by atoms with Gasteiger partial charge in [-0.25, -0.2) is 8.78 Å². The van der Waals surface area contributed by atoms with Crippen LogP contribution < -0.4 is 9.47 Å². The lowest BCUT2D eigenvalue weighted by atomic mass is 10.0. The topological polar surface area (TPSA) is 58.9 Å². The number of benzene rings is 2. The van der Waals surface area contributed by atoms with E-state index >= 15 is 0 Å². The van der Waals surface area contributed by atoms with Crippen molar-refractivity contribution in [2.45, 2.75) is 25.4 Å². The average molecular weight is 352 g/mol. The number of ether oxygens (including phenoxy) is 2. The zero-order valence-electron chi connectivity index (χ0n) is 13.8. The van der Waals surface area contributed by atoms with E-state index in [9.17, 15) is 8.78 Å². The maximum absolute atomic E-state index is 12.2. The molecule has 0 saturated carbocycles. The molecule has 0 aliphatic carbocycles. The molecule has 2 rings (SSSR count). The van der Waals surface area contributed by atoms with E-state index in [-0.39, 0.29) is 6.61 Å². The zero-order chi connectivity index (χ0) is 18.1. The highest BCUT2D eigenvalue weighted by Gasteiger charge is 2.17. The van der Waals surface area contributed by atoms with Crippen LogP contribution in [0.3, 0.4) is 0 Å². The second kappa shape index (κ2) is 9.96. The van der Waals surface area contributed by atoms with Crippen molar-refractivity contribution in [3.8, 4) is 11.5 Å². The fraction of sp³-hybridized carbons (Fsp3) is 0.368. The van der Waals surface area contributed by atoms with Crippen molar-refractivity contribution in [2.24, 2.45) is 0 Å². The highest BCUT2D eigenvalue weighted by molar-refractivity contribution is 5.34. The largest absolute Gasteiger partial charge is 0.494 e. The summed E-state index contributed by atoms with van der Waals surface area (Å²) >= 11 is 0. The summed E-state index contributed by atoms with van der Waals surface area (Å²) in [6.07, 6.45) is -3.27. The van der Waals surface area contributed by atoms with E-state index in [4.69, 9.17) is 19.7 Å². The Morgan fingerprint density at radius 1 is 0.840 bits per heavy atom. The molecule has 0 fully saturated rings. The summed E-state index contributed by atoms with van der Waals surface area (Å²) in [4.78, 5) is 0. The standard InChI is InChI=1S/C19H22F2O4/c20-19(21)18(23)13-25-17-8-4-15(5-9-17)12-14-2-6-16(7-3-14)24-11-1-10-22/h2-9,18-19,22-23H,1,10-13H2. The summed E-state index contributed by atoms with van der Waals surface area (Å²) in [5.41, 5.74) is 2.16. The molecule has 0 spiro atoms. The Morgan fingerprint density at radius 3 is 1.84 bits per heavy atom. The van der Waals surface area contributed by atoms with E-state index in [1.54, 1.807) is 12.1 Å². The van der Waals surface area contributed by atoms with E-state index in [2.05, 4.69) is 0 Å². The smallest absolute Gasteiger partial charge is 0.267 e. The number of hydrogen-bond donors (Lipinski definition) is 2. The van der Waals surface area contributed by atoms with Gasteiger partial charge in [-0.2, -0.15) is 0 Å². The first-order valence-corrected chi connectivity index (χ1v) is 8.09. The first kappa shape index (κ1) is 19.1. The molecule has 25 heavy (non-hydrogen) atoms. The number of rotatable bonds is 10. The second-order valence-corrected chi connectivity index (χ2v) is 5.60. The molecule has 2 N–H and O–H groups in total. The summed E-state index contributed by atoms with van der Waals surface area (Å²) < 4.78 is 35.0. The van der Waals surface area contributed by atoms with E-state index in [0.29, 0.717) is 18.8 Å². The molecule has 6 heteroatoms. The van der Waals surface area contributed by atoms with Crippen LogP contribution in [0.5, 0.6) is 11.5 Å². The molecular weight excluding hydrogens is 330 g/mol. The molecule has 2 aromatic carbocycles. The van der Waals surface area contributed by atoms with Gasteiger partial charge in [0, 0.05) is 13.0 Å². The lowest BCUT2D eigenvalue weighted by Gasteiger charge is -2.11. The molecule has 0 heterocycles. The van der Waals surface area contributed by atoms with Crippen molar-refractivity contribution in [3.63, 3.8) is 0 Å². The third-order valence-electron chi connectivity index (χ3n) is 3.54. The van der Waals surface area contributed by atoms with Crippen LogP contribution in [0.15, 0.2) is 48.5 Å². The van der Waals surface area contributed by atoms with Gasteiger partial charge in [0.25, 0.3) is 6.43 Å². The summed E-state index contributed by atoms with van der Waals surface area (Å²) in [5, 5.41) is 17.8. The lowest BCUT2D eigenvalue weighted by molar-refractivity contribution is -0.0283. The van der Waals surface area contributed by atoms with Gasteiger partial charge < -0.3 is 19.7 Å². The van der Waals surface area contributed by atoms with E-state index < -0.39 is 19.1 Å². The van der Waals surface area contributed by atoms with Gasteiger partial charge in [-0.15, -0.1) is 0 Å². The Kier molecular flexibility index (Phi) is 7.63. The summed E-state index contributed by atoms with van der Waals surface area (Å²) in [5.74, 6) is 1.20. The van der Waals surface area contributed by atoms with E-state index in [1.165, 1.54) is 0 Å². The van der Waals surface area contributed by atoms with Crippen molar-refractivity contribution in [1.29, 1.82) is 0 Å². The molecule has 0 aliphatic heterocycles. The molecule has 0 saturated heterocycles. The normalized spacial score (nSPS) is 12.2. The van der Waals surface area contributed by atoms with Gasteiger partial charge in [-0.1, -0.05) is 24.3 Å². The Morgan fingerprint density at radius 2 is 1.36 bits per heavy atom. The Labute approximate surface area is 145 Å². The van der Waals surface area contributed by atoms with Crippen LogP contribution in [0, 0.1) is 0 Å². The summed E-state index contributed by atoms with van der Waals surface area (Å²) in [6.45, 7) is 0.158. The molecule has 136 valence electrons. The minimum absolute atomic E-state index is 0.110. The number of alkyl halides is 2. The van der Waals surface area contributed by atoms with Gasteiger partial charge in [0.15, 0.2) is 0 Å². The van der Waals surface area contributed by atoms with Crippen LogP contribution in [-0.4, -0.2) is 42.6 Å². The highest BCUT2D eigenvalue weighted by Crippen LogP contribution is 2.18. The monoisotopic (exact) mass is 352 g/mol. The van der Waals surface area contributed by atoms with Gasteiger partial charge >= 0.3 is 0 Å². The van der Waals surface area contributed by atoms with Gasteiger partial charge in [0.1, 0.15) is 24.2 Å². The molecule has 0 aromatic heterocycles. The van der Waals surface area contributed by atoms with E-state index in [0.717, 1.165) is 23.3 Å². The molecule has 2 aromatic rings. The van der Waals surface area contributed by atoms with E-state index in [1.807, 2.05) is 36.4 Å². The van der Waals surface area contributed by atoms with Gasteiger partial charge in [0.05, 0.1) is 6.61 Å². The molecule has 0 aliphatic rings. The molecule has 0 bridgehead atoms. The Bertz CT molecular complexity index is 614. The second-order valence-electron chi connectivity index (χ2n) is 5.60. The maximum Gasteiger partial charge on any atom is 0.267 e. The van der Waals surface area contributed by atoms with Gasteiger partial charge in [0.2, 0.25) is 0 Å². The first-order chi connectivity index (χ1) is 12.1. The average Bonchev–Trinajstić information content (AvgIpc) is 2.62. The number of aliphatic hydroxyl groups excluding tert-OH is 2. The third-order valence-corrected chi connectivity index (χ3v) is 3.54. The molecule has 0 amide bonds. The van der Waals surface area contributed by atoms with Crippen LogP contribution in [0.4, 0.5) is 8.78 Å². The number of aliphatic hydroxyl groups is 2. The molecule has 0 radical (unpaired) electrons. The van der Waals surface area contributed by atoms with Crippen LogP contribution in [0.2, 0.25) is 0 Å². The van der Waals surface area contributed by atoms with Crippen LogP contribution >= 0.6 is 0 Å². The van der Waals surface area contributed by atoms with Gasteiger partial charge in [-0.3, -0.25) is 0 Å². The Hall–Kier alpha value is -2.18. The highest BCUT2D eigenvalue weighted by atomic mass is 19.3. The minimum atomic E-state index is -2.81. The van der Waals surface area contributed by atoms with Crippen LogP contribution in [-0.2, 0) is 6.42 Å². The van der Waals surface area contributed by atoms with Crippen molar-refractivity contribution in [2.75, 3.05) is 19.8 Å². The van der Waals surface area contributed by atoms with Crippen molar-refractivity contribution in [3.05, 3.63) is 59.7 Å².